The van der Waals surface area contributed by atoms with Gasteiger partial charge in [-0.25, -0.2) is 8.42 Å². The van der Waals surface area contributed by atoms with Crippen LogP contribution in [0.15, 0.2) is 83.8 Å². The minimum atomic E-state index is -3.89. The molecule has 180 valence electrons. The molecular formula is C26H29ClN2O3S2. The maximum absolute atomic E-state index is 13.3. The van der Waals surface area contributed by atoms with Gasteiger partial charge in [-0.05, 0) is 60.1 Å². The third-order valence-electron chi connectivity index (χ3n) is 5.25. The number of amides is 1. The summed E-state index contributed by atoms with van der Waals surface area (Å²) < 4.78 is 27.8. The lowest BCUT2D eigenvalue weighted by atomic mass is 10.1. The summed E-state index contributed by atoms with van der Waals surface area (Å²) in [4.78, 5) is 12.8. The Morgan fingerprint density at radius 3 is 2.32 bits per heavy atom. The van der Waals surface area contributed by atoms with Gasteiger partial charge in [-0.2, -0.15) is 11.8 Å². The second kappa shape index (κ2) is 12.8. The number of thioether (sulfide) groups is 1. The molecule has 0 saturated heterocycles. The van der Waals surface area contributed by atoms with E-state index in [2.05, 4.69) is 5.32 Å². The van der Waals surface area contributed by atoms with Crippen LogP contribution < -0.4 is 9.62 Å². The van der Waals surface area contributed by atoms with Gasteiger partial charge in [0.1, 0.15) is 6.54 Å². The van der Waals surface area contributed by atoms with E-state index in [0.29, 0.717) is 12.2 Å². The summed E-state index contributed by atoms with van der Waals surface area (Å²) in [5.74, 6) is 1.33. The lowest BCUT2D eigenvalue weighted by Gasteiger charge is -2.24. The van der Waals surface area contributed by atoms with Crippen LogP contribution in [-0.2, 0) is 27.0 Å². The number of benzene rings is 3. The van der Waals surface area contributed by atoms with Crippen LogP contribution in [0, 0.1) is 0 Å². The summed E-state index contributed by atoms with van der Waals surface area (Å²) in [7, 11) is -3.89. The quantitative estimate of drug-likeness (QED) is 0.321. The zero-order chi connectivity index (χ0) is 24.4. The van der Waals surface area contributed by atoms with Crippen LogP contribution in [-0.4, -0.2) is 33.2 Å². The zero-order valence-corrected chi connectivity index (χ0v) is 21.5. The number of hydrogen-bond acceptors (Lipinski definition) is 4. The van der Waals surface area contributed by atoms with E-state index in [9.17, 15) is 13.2 Å². The number of rotatable bonds is 12. The first kappa shape index (κ1) is 26.1. The molecule has 0 aliphatic heterocycles. The van der Waals surface area contributed by atoms with E-state index in [1.807, 2.05) is 43.3 Å². The number of nitrogens with one attached hydrogen (secondary N) is 1. The highest BCUT2D eigenvalue weighted by Gasteiger charge is 2.26. The van der Waals surface area contributed by atoms with Crippen LogP contribution in [0.1, 0.15) is 24.5 Å². The Bertz CT molecular complexity index is 1170. The molecule has 0 radical (unpaired) electrons. The SMILES string of the molecule is CCc1ccc(N(CC(=O)NCCCSCc2ccccc2Cl)S(=O)(=O)c2ccccc2)cc1. The molecule has 0 unspecified atom stereocenters. The van der Waals surface area contributed by atoms with Crippen molar-refractivity contribution >= 4 is 45.0 Å². The van der Waals surface area contributed by atoms with Crippen molar-refractivity contribution in [1.82, 2.24) is 5.32 Å². The number of anilines is 1. The Labute approximate surface area is 211 Å². The first-order valence-corrected chi connectivity index (χ1v) is 14.1. The number of sulfonamides is 1. The molecule has 0 atom stereocenters. The Hall–Kier alpha value is -2.48. The Kier molecular flexibility index (Phi) is 9.86. The average Bonchev–Trinajstić information content (AvgIpc) is 2.86. The highest BCUT2D eigenvalue weighted by atomic mass is 35.5. The molecule has 0 aromatic heterocycles. The Morgan fingerprint density at radius 1 is 0.971 bits per heavy atom. The van der Waals surface area contributed by atoms with E-state index < -0.39 is 10.0 Å². The minimum Gasteiger partial charge on any atom is -0.354 e. The highest BCUT2D eigenvalue weighted by molar-refractivity contribution is 7.98. The number of hydrogen-bond donors (Lipinski definition) is 1. The van der Waals surface area contributed by atoms with Gasteiger partial charge in [0.2, 0.25) is 5.91 Å². The lowest BCUT2D eigenvalue weighted by molar-refractivity contribution is -0.119. The number of aryl methyl sites for hydroxylation is 1. The molecule has 0 bridgehead atoms. The number of carbonyl (C=O) groups is 1. The highest BCUT2D eigenvalue weighted by Crippen LogP contribution is 2.24. The van der Waals surface area contributed by atoms with Crippen molar-refractivity contribution in [1.29, 1.82) is 0 Å². The van der Waals surface area contributed by atoms with Crippen LogP contribution in [0.5, 0.6) is 0 Å². The third-order valence-corrected chi connectivity index (χ3v) is 8.50. The van der Waals surface area contributed by atoms with Gasteiger partial charge < -0.3 is 5.32 Å². The minimum absolute atomic E-state index is 0.151. The van der Waals surface area contributed by atoms with Crippen molar-refractivity contribution in [3.8, 4) is 0 Å². The van der Waals surface area contributed by atoms with Crippen LogP contribution in [0.2, 0.25) is 5.02 Å². The fourth-order valence-corrected chi connectivity index (χ4v) is 6.01. The van der Waals surface area contributed by atoms with Gasteiger partial charge in [0.25, 0.3) is 10.0 Å². The van der Waals surface area contributed by atoms with E-state index in [1.165, 1.54) is 16.4 Å². The summed E-state index contributed by atoms with van der Waals surface area (Å²) in [6.07, 6.45) is 1.62. The molecule has 3 aromatic carbocycles. The van der Waals surface area contributed by atoms with Crippen LogP contribution in [0.3, 0.4) is 0 Å². The van der Waals surface area contributed by atoms with Gasteiger partial charge in [-0.1, -0.05) is 67.1 Å². The van der Waals surface area contributed by atoms with Crippen molar-refractivity contribution in [2.24, 2.45) is 0 Å². The molecule has 3 rings (SSSR count). The maximum Gasteiger partial charge on any atom is 0.264 e. The molecule has 1 N–H and O–H groups in total. The van der Waals surface area contributed by atoms with E-state index in [0.717, 1.165) is 40.5 Å². The fourth-order valence-electron chi connectivity index (χ4n) is 3.32. The average molecular weight is 517 g/mol. The van der Waals surface area contributed by atoms with E-state index in [-0.39, 0.29) is 17.3 Å². The Morgan fingerprint density at radius 2 is 1.65 bits per heavy atom. The van der Waals surface area contributed by atoms with Gasteiger partial charge in [0.05, 0.1) is 10.6 Å². The molecular weight excluding hydrogens is 488 g/mol. The topological polar surface area (TPSA) is 66.5 Å². The summed E-state index contributed by atoms with van der Waals surface area (Å²) in [5, 5.41) is 3.61. The van der Waals surface area contributed by atoms with Gasteiger partial charge in [0, 0.05) is 17.3 Å². The molecule has 0 heterocycles. The molecule has 0 aliphatic carbocycles. The molecule has 0 saturated carbocycles. The fraction of sp³-hybridized carbons (Fsp3) is 0.269. The van der Waals surface area contributed by atoms with E-state index in [1.54, 1.807) is 42.1 Å². The molecule has 0 fully saturated rings. The first-order valence-electron chi connectivity index (χ1n) is 11.2. The molecule has 5 nitrogen and oxygen atoms in total. The second-order valence-electron chi connectivity index (χ2n) is 7.69. The maximum atomic E-state index is 13.3. The molecule has 0 aliphatic rings. The number of nitrogens with zero attached hydrogens (tertiary/aromatic N) is 1. The van der Waals surface area contributed by atoms with Crippen molar-refractivity contribution in [2.45, 2.75) is 30.4 Å². The Balaban J connectivity index is 1.58. The molecule has 34 heavy (non-hydrogen) atoms. The van der Waals surface area contributed by atoms with Crippen LogP contribution >= 0.6 is 23.4 Å². The van der Waals surface area contributed by atoms with Crippen LogP contribution in [0.25, 0.3) is 0 Å². The van der Waals surface area contributed by atoms with Crippen LogP contribution in [0.4, 0.5) is 5.69 Å². The standard InChI is InChI=1S/C26H29ClN2O3S2/c1-2-21-13-15-23(16-14-21)29(34(31,32)24-10-4-3-5-11-24)19-26(30)28-17-8-18-33-20-22-9-6-7-12-25(22)27/h3-7,9-16H,2,8,17-20H2,1H3,(H,28,30). The summed E-state index contributed by atoms with van der Waals surface area (Å²) in [5.41, 5.74) is 2.65. The lowest BCUT2D eigenvalue weighted by Crippen LogP contribution is -2.41. The smallest absolute Gasteiger partial charge is 0.264 e. The predicted molar refractivity (Wildman–Crippen MR) is 142 cm³/mol. The van der Waals surface area contributed by atoms with Gasteiger partial charge in [0.15, 0.2) is 0 Å². The van der Waals surface area contributed by atoms with Crippen molar-refractivity contribution in [3.63, 3.8) is 0 Å². The monoisotopic (exact) mass is 516 g/mol. The molecule has 1 amide bonds. The van der Waals surface area contributed by atoms with Crippen molar-refractivity contribution in [3.05, 3.63) is 95.0 Å². The van der Waals surface area contributed by atoms with E-state index >= 15 is 0 Å². The number of carbonyl (C=O) groups excluding carboxylic acids is 1. The summed E-state index contributed by atoms with van der Waals surface area (Å²) in [6.45, 7) is 2.23. The predicted octanol–water partition coefficient (Wildman–Crippen LogP) is 5.54. The molecule has 3 aromatic rings. The molecule has 0 spiro atoms. The second-order valence-corrected chi connectivity index (χ2v) is 11.1. The van der Waals surface area contributed by atoms with E-state index in [4.69, 9.17) is 11.6 Å². The normalized spacial score (nSPS) is 11.2. The third kappa shape index (κ3) is 7.26. The summed E-state index contributed by atoms with van der Waals surface area (Å²) in [6, 6.07) is 23.2. The number of halogens is 1. The van der Waals surface area contributed by atoms with Crippen molar-refractivity contribution < 1.29 is 13.2 Å². The summed E-state index contributed by atoms with van der Waals surface area (Å²) >= 11 is 7.92. The first-order chi connectivity index (χ1) is 16.4. The molecule has 8 heteroatoms. The van der Waals surface area contributed by atoms with Crippen molar-refractivity contribution in [2.75, 3.05) is 23.1 Å². The largest absolute Gasteiger partial charge is 0.354 e. The van der Waals surface area contributed by atoms with Gasteiger partial charge in [-0.3, -0.25) is 9.10 Å². The zero-order valence-electron chi connectivity index (χ0n) is 19.1. The van der Waals surface area contributed by atoms with Gasteiger partial charge in [-0.15, -0.1) is 0 Å². The van der Waals surface area contributed by atoms with Gasteiger partial charge >= 0.3 is 0 Å².